The molecule has 1 saturated heterocycles. The van der Waals surface area contributed by atoms with E-state index in [1.54, 1.807) is 26.0 Å². The van der Waals surface area contributed by atoms with Gasteiger partial charge in [-0.25, -0.2) is 4.98 Å². The largest absolute Gasteiger partial charge is 0.417 e. The number of thioether (sulfide) groups is 1. The number of rotatable bonds is 4. The number of halogens is 3. The lowest BCUT2D eigenvalue weighted by molar-refractivity contribution is -0.223. The van der Waals surface area contributed by atoms with Crippen molar-refractivity contribution in [2.45, 2.75) is 88.2 Å². The van der Waals surface area contributed by atoms with Crippen molar-refractivity contribution in [2.24, 2.45) is 28.6 Å². The molecule has 1 aromatic heterocycles. The fourth-order valence-corrected chi connectivity index (χ4v) is 9.59. The Kier molecular flexibility index (Phi) is 6.32. The maximum absolute atomic E-state index is 14.2. The summed E-state index contributed by atoms with van der Waals surface area (Å²) in [5, 5.41) is 12.1. The van der Waals surface area contributed by atoms with Crippen LogP contribution in [0, 0.1) is 28.6 Å². The molecular weight excluding hydrogens is 543 g/mol. The average Bonchev–Trinajstić information content (AvgIpc) is 3.28. The van der Waals surface area contributed by atoms with E-state index in [0.717, 1.165) is 42.4 Å². The fraction of sp³-hybridized carbons (Fsp3) is 0.633. The number of carbonyl (C=O) groups excluding carboxylic acids is 2. The summed E-state index contributed by atoms with van der Waals surface area (Å²) in [5.74, 6) is -1.22. The third-order valence-electron chi connectivity index (χ3n) is 10.3. The van der Waals surface area contributed by atoms with Crippen LogP contribution in [0.4, 0.5) is 13.2 Å². The first kappa shape index (κ1) is 28.1. The number of carbonyl (C=O) groups is 2. The summed E-state index contributed by atoms with van der Waals surface area (Å²) < 4.78 is 51.9. The molecule has 1 N–H and O–H groups in total. The standard InChI is InChI=1S/C30H34F3NO5S/c1-26(2)38-23-12-20-19-7-5-16-11-18(35)9-10-27(16,3)25(19)21(36)13-28(20,4)29(23,39-26)22(37)15-40-24-8-6-17(14-34-24)30(31,32)33/h6,8-11,14,19-21,23,25,36H,5,7,12-13,15H2,1-4H3/t19?,20?,21-,23-,25?,27?,28?,29+/m0/s1. The molecule has 3 saturated carbocycles. The van der Waals surface area contributed by atoms with Crippen LogP contribution in [-0.2, 0) is 25.2 Å². The average molecular weight is 578 g/mol. The Labute approximate surface area is 235 Å². The normalized spacial score (nSPS) is 41.5. The molecule has 0 amide bonds. The van der Waals surface area contributed by atoms with Crippen molar-refractivity contribution >= 4 is 23.3 Å². The topological polar surface area (TPSA) is 85.7 Å². The maximum Gasteiger partial charge on any atom is 0.417 e. The lowest BCUT2D eigenvalue weighted by Crippen LogP contribution is -2.63. The quantitative estimate of drug-likeness (QED) is 0.471. The van der Waals surface area contributed by atoms with Gasteiger partial charge in [-0.15, -0.1) is 0 Å². The molecule has 1 aliphatic heterocycles. The number of allylic oxidation sites excluding steroid dienone is 4. The zero-order valence-electron chi connectivity index (χ0n) is 23.0. The Morgan fingerprint density at radius 2 is 1.98 bits per heavy atom. The van der Waals surface area contributed by atoms with Crippen LogP contribution in [0.1, 0.15) is 58.9 Å². The van der Waals surface area contributed by atoms with Gasteiger partial charge in [-0.05, 0) is 75.7 Å². The van der Waals surface area contributed by atoms with E-state index in [2.05, 4.69) is 11.9 Å². The van der Waals surface area contributed by atoms with E-state index in [0.29, 0.717) is 17.9 Å². The van der Waals surface area contributed by atoms with Gasteiger partial charge in [0.2, 0.25) is 0 Å². The van der Waals surface area contributed by atoms with Crippen LogP contribution < -0.4 is 0 Å². The monoisotopic (exact) mass is 577 g/mol. The summed E-state index contributed by atoms with van der Waals surface area (Å²) in [6, 6.07) is 2.24. The van der Waals surface area contributed by atoms with Gasteiger partial charge in [0.25, 0.3) is 0 Å². The smallest absolute Gasteiger partial charge is 0.393 e. The Balaban J connectivity index is 1.31. The molecule has 0 bridgehead atoms. The molecule has 4 fully saturated rings. The van der Waals surface area contributed by atoms with Crippen molar-refractivity contribution in [1.29, 1.82) is 0 Å². The molecule has 8 atom stereocenters. The minimum absolute atomic E-state index is 0.0231. The van der Waals surface area contributed by atoms with Gasteiger partial charge in [0, 0.05) is 22.9 Å². The summed E-state index contributed by atoms with van der Waals surface area (Å²) in [6.45, 7) is 7.71. The van der Waals surface area contributed by atoms with Gasteiger partial charge in [-0.2, -0.15) is 13.2 Å². The van der Waals surface area contributed by atoms with E-state index in [-0.39, 0.29) is 35.1 Å². The Bertz CT molecular complexity index is 1310. The van der Waals surface area contributed by atoms with Gasteiger partial charge in [0.1, 0.15) is 0 Å². The van der Waals surface area contributed by atoms with Gasteiger partial charge >= 0.3 is 6.18 Å². The number of hydrogen-bond donors (Lipinski definition) is 1. The lowest BCUT2D eigenvalue weighted by Gasteiger charge is -2.60. The van der Waals surface area contributed by atoms with E-state index in [4.69, 9.17) is 9.47 Å². The number of Topliss-reactive ketones (excluding diaryl/α,β-unsaturated/α-hetero) is 1. The van der Waals surface area contributed by atoms with Crippen molar-refractivity contribution in [3.8, 4) is 0 Å². The molecule has 0 spiro atoms. The van der Waals surface area contributed by atoms with Crippen LogP contribution in [0.15, 0.2) is 47.2 Å². The molecule has 0 aromatic carbocycles. The van der Waals surface area contributed by atoms with Crippen LogP contribution in [-0.4, -0.2) is 51.0 Å². The number of nitrogens with zero attached hydrogens (tertiary/aromatic N) is 1. The van der Waals surface area contributed by atoms with Gasteiger partial charge in [0.05, 0.1) is 28.6 Å². The molecule has 0 radical (unpaired) electrons. The number of ether oxygens (including phenoxy) is 2. The van der Waals surface area contributed by atoms with Gasteiger partial charge in [-0.3, -0.25) is 9.59 Å². The number of pyridine rings is 1. The maximum atomic E-state index is 14.2. The Morgan fingerprint density at radius 1 is 1.23 bits per heavy atom. The first-order valence-electron chi connectivity index (χ1n) is 13.8. The highest BCUT2D eigenvalue weighted by molar-refractivity contribution is 7.99. The van der Waals surface area contributed by atoms with E-state index in [1.165, 1.54) is 6.07 Å². The predicted molar refractivity (Wildman–Crippen MR) is 141 cm³/mol. The first-order valence-corrected chi connectivity index (χ1v) is 14.8. The Morgan fingerprint density at radius 3 is 2.65 bits per heavy atom. The van der Waals surface area contributed by atoms with Crippen molar-refractivity contribution in [3.63, 3.8) is 0 Å². The minimum Gasteiger partial charge on any atom is -0.393 e. The summed E-state index contributed by atoms with van der Waals surface area (Å²) in [4.78, 5) is 30.2. The molecule has 10 heteroatoms. The van der Waals surface area contributed by atoms with Crippen LogP contribution in [0.5, 0.6) is 0 Å². The molecule has 6 rings (SSSR count). The molecular formula is C30H34F3NO5S. The van der Waals surface area contributed by atoms with Crippen LogP contribution in [0.25, 0.3) is 0 Å². The SMILES string of the molecule is CC1(C)O[C@H]2CC3C4CCC5=CC(=O)C=CC5(C)C4[C@@H](O)CC3(C)[C@]2(C(=O)CSc2ccc(C(F)(F)F)cn2)O1. The zero-order valence-corrected chi connectivity index (χ0v) is 23.8. The van der Waals surface area contributed by atoms with Crippen LogP contribution >= 0.6 is 11.8 Å². The molecule has 5 aliphatic rings. The molecule has 6 nitrogen and oxygen atoms in total. The zero-order chi connectivity index (χ0) is 28.9. The van der Waals surface area contributed by atoms with E-state index < -0.39 is 46.2 Å². The highest BCUT2D eigenvalue weighted by Crippen LogP contribution is 2.70. The number of aliphatic hydroxyl groups is 1. The summed E-state index contributed by atoms with van der Waals surface area (Å²) in [7, 11) is 0. The Hall–Kier alpha value is -2.01. The van der Waals surface area contributed by atoms with Crippen molar-refractivity contribution in [2.75, 3.05) is 5.75 Å². The van der Waals surface area contributed by atoms with Crippen LogP contribution in [0.2, 0.25) is 0 Å². The second-order valence-electron chi connectivity index (χ2n) is 12.9. The predicted octanol–water partition coefficient (Wildman–Crippen LogP) is 5.54. The van der Waals surface area contributed by atoms with Crippen molar-refractivity contribution < 1.29 is 37.3 Å². The summed E-state index contributed by atoms with van der Waals surface area (Å²) >= 11 is 1.08. The number of fused-ring (bicyclic) bond motifs is 7. The first-order chi connectivity index (χ1) is 18.6. The third kappa shape index (κ3) is 4.00. The highest BCUT2D eigenvalue weighted by atomic mass is 32.2. The second kappa shape index (κ2) is 8.99. The van der Waals surface area contributed by atoms with Crippen molar-refractivity contribution in [3.05, 3.63) is 47.7 Å². The summed E-state index contributed by atoms with van der Waals surface area (Å²) in [6.07, 6.45) is 2.83. The summed E-state index contributed by atoms with van der Waals surface area (Å²) in [5.41, 5.74) is -2.24. The number of hydrogen-bond acceptors (Lipinski definition) is 7. The van der Waals surface area contributed by atoms with Gasteiger partial charge < -0.3 is 14.6 Å². The number of aliphatic hydroxyl groups excluding tert-OH is 1. The second-order valence-corrected chi connectivity index (χ2v) is 13.9. The van der Waals surface area contributed by atoms with Crippen LogP contribution in [0.3, 0.4) is 0 Å². The molecule has 4 aliphatic carbocycles. The number of alkyl halides is 3. The third-order valence-corrected chi connectivity index (χ3v) is 11.3. The molecule has 2 heterocycles. The molecule has 1 aromatic rings. The van der Waals surface area contributed by atoms with E-state index >= 15 is 0 Å². The lowest BCUT2D eigenvalue weighted by atomic mass is 9.46. The molecule has 5 unspecified atom stereocenters. The van der Waals surface area contributed by atoms with E-state index in [1.807, 2.05) is 13.0 Å². The minimum atomic E-state index is -4.48. The molecule has 216 valence electrons. The molecule has 40 heavy (non-hydrogen) atoms. The number of ketones is 2. The highest BCUT2D eigenvalue weighted by Gasteiger charge is 2.76. The van der Waals surface area contributed by atoms with Gasteiger partial charge in [0.15, 0.2) is 23.0 Å². The fourth-order valence-electron chi connectivity index (χ4n) is 8.80. The van der Waals surface area contributed by atoms with E-state index in [9.17, 15) is 27.9 Å². The number of aromatic nitrogens is 1. The van der Waals surface area contributed by atoms with Crippen molar-refractivity contribution in [1.82, 2.24) is 4.98 Å². The van der Waals surface area contributed by atoms with Gasteiger partial charge in [-0.1, -0.05) is 37.3 Å².